The third-order valence-corrected chi connectivity index (χ3v) is 4.07. The third-order valence-electron chi connectivity index (χ3n) is 3.07. The molecular weight excluding hydrogens is 370 g/mol. The van der Waals surface area contributed by atoms with Crippen LogP contribution in [0.15, 0.2) is 46.9 Å². The summed E-state index contributed by atoms with van der Waals surface area (Å²) < 4.78 is 0.945. The van der Waals surface area contributed by atoms with E-state index >= 15 is 0 Å². The second-order valence-electron chi connectivity index (χ2n) is 4.63. The minimum Gasteiger partial charge on any atom is -0.478 e. The summed E-state index contributed by atoms with van der Waals surface area (Å²) in [5.74, 6) is -1.39. The van der Waals surface area contributed by atoms with Crippen LogP contribution < -0.4 is 5.32 Å². The van der Waals surface area contributed by atoms with Gasteiger partial charge in [0.05, 0.1) is 11.3 Å². The van der Waals surface area contributed by atoms with Crippen molar-refractivity contribution in [3.05, 3.63) is 63.1 Å². The fourth-order valence-corrected chi connectivity index (χ4v) is 2.62. The van der Waals surface area contributed by atoms with Crippen LogP contribution in [0.1, 0.15) is 22.3 Å². The zero-order valence-electron chi connectivity index (χ0n) is 11.5. The number of nitrogens with one attached hydrogen (secondary N) is 1. The molecule has 0 aromatic heterocycles. The Morgan fingerprint density at radius 2 is 1.91 bits per heavy atom. The average molecular weight is 383 g/mol. The molecule has 2 aromatic rings. The lowest BCUT2D eigenvalue weighted by atomic mass is 10.1. The first kappa shape index (κ1) is 16.5. The Morgan fingerprint density at radius 1 is 1.18 bits per heavy atom. The van der Waals surface area contributed by atoms with E-state index in [2.05, 4.69) is 21.2 Å². The lowest BCUT2D eigenvalue weighted by Crippen LogP contribution is -2.15. The smallest absolute Gasteiger partial charge is 0.337 e. The van der Waals surface area contributed by atoms with Gasteiger partial charge in [0.2, 0.25) is 5.91 Å². The molecule has 2 N–H and O–H groups in total. The number of hydrogen-bond donors (Lipinski definition) is 2. The van der Waals surface area contributed by atoms with Crippen molar-refractivity contribution in [2.75, 3.05) is 5.32 Å². The van der Waals surface area contributed by atoms with Crippen molar-refractivity contribution in [2.45, 2.75) is 12.8 Å². The Labute approximate surface area is 141 Å². The molecule has 0 bridgehead atoms. The SMILES string of the molecule is O=C(CCc1ccccc1Br)Nc1ccc(Cl)cc1C(=O)O. The predicted octanol–water partition coefficient (Wildman–Crippen LogP) is 4.37. The monoisotopic (exact) mass is 381 g/mol. The Balaban J connectivity index is 2.04. The summed E-state index contributed by atoms with van der Waals surface area (Å²) in [4.78, 5) is 23.2. The summed E-state index contributed by atoms with van der Waals surface area (Å²) in [6.45, 7) is 0. The maximum Gasteiger partial charge on any atom is 0.337 e. The maximum atomic E-state index is 12.0. The highest BCUT2D eigenvalue weighted by atomic mass is 79.9. The minimum absolute atomic E-state index is 0.0262. The number of rotatable bonds is 5. The maximum absolute atomic E-state index is 12.0. The number of aryl methyl sites for hydroxylation is 1. The molecule has 0 fully saturated rings. The Morgan fingerprint density at radius 3 is 2.59 bits per heavy atom. The van der Waals surface area contributed by atoms with Gasteiger partial charge in [-0.3, -0.25) is 4.79 Å². The van der Waals surface area contributed by atoms with E-state index in [-0.39, 0.29) is 23.6 Å². The largest absolute Gasteiger partial charge is 0.478 e. The zero-order valence-corrected chi connectivity index (χ0v) is 13.8. The first-order chi connectivity index (χ1) is 10.5. The topological polar surface area (TPSA) is 66.4 Å². The molecule has 22 heavy (non-hydrogen) atoms. The summed E-state index contributed by atoms with van der Waals surface area (Å²) in [7, 11) is 0. The molecular formula is C16H13BrClNO3. The van der Waals surface area contributed by atoms with Crippen LogP contribution >= 0.6 is 27.5 Å². The molecule has 0 aliphatic rings. The highest BCUT2D eigenvalue weighted by Crippen LogP contribution is 2.22. The van der Waals surface area contributed by atoms with Crippen molar-refractivity contribution in [3.8, 4) is 0 Å². The second kappa shape index (κ2) is 7.42. The van der Waals surface area contributed by atoms with E-state index in [4.69, 9.17) is 16.7 Å². The Hall–Kier alpha value is -1.85. The van der Waals surface area contributed by atoms with Crippen LogP contribution in [0.4, 0.5) is 5.69 Å². The summed E-state index contributed by atoms with van der Waals surface area (Å²) in [6, 6.07) is 12.0. The highest BCUT2D eigenvalue weighted by molar-refractivity contribution is 9.10. The number of carboxylic acid groups (broad SMARTS) is 1. The molecule has 0 saturated carbocycles. The third kappa shape index (κ3) is 4.32. The first-order valence-corrected chi connectivity index (χ1v) is 7.70. The van der Waals surface area contributed by atoms with E-state index in [0.717, 1.165) is 10.0 Å². The Bertz CT molecular complexity index is 718. The molecule has 0 aliphatic carbocycles. The van der Waals surface area contributed by atoms with Gasteiger partial charge in [-0.25, -0.2) is 4.79 Å². The molecule has 114 valence electrons. The summed E-state index contributed by atoms with van der Waals surface area (Å²) in [5.41, 5.74) is 1.24. The van der Waals surface area contributed by atoms with E-state index in [1.807, 2.05) is 24.3 Å². The van der Waals surface area contributed by atoms with Crippen molar-refractivity contribution in [2.24, 2.45) is 0 Å². The highest BCUT2D eigenvalue weighted by Gasteiger charge is 2.13. The normalized spacial score (nSPS) is 10.3. The van der Waals surface area contributed by atoms with Gasteiger partial charge in [-0.1, -0.05) is 45.7 Å². The van der Waals surface area contributed by atoms with Gasteiger partial charge in [-0.15, -0.1) is 0 Å². The summed E-state index contributed by atoms with van der Waals surface area (Å²) in [6.07, 6.45) is 0.813. The molecule has 0 atom stereocenters. The lowest BCUT2D eigenvalue weighted by Gasteiger charge is -2.09. The van der Waals surface area contributed by atoms with Crippen LogP contribution in [-0.2, 0) is 11.2 Å². The van der Waals surface area contributed by atoms with Gasteiger partial charge < -0.3 is 10.4 Å². The number of carbonyl (C=O) groups excluding carboxylic acids is 1. The van der Waals surface area contributed by atoms with Crippen LogP contribution in [0.3, 0.4) is 0 Å². The number of aromatic carboxylic acids is 1. The number of amides is 1. The average Bonchev–Trinajstić information content (AvgIpc) is 2.48. The van der Waals surface area contributed by atoms with Gasteiger partial charge in [-0.2, -0.15) is 0 Å². The molecule has 0 radical (unpaired) electrons. The molecule has 4 nitrogen and oxygen atoms in total. The number of carboxylic acids is 1. The van der Waals surface area contributed by atoms with E-state index in [1.165, 1.54) is 18.2 Å². The molecule has 0 aliphatic heterocycles. The van der Waals surface area contributed by atoms with E-state index < -0.39 is 5.97 Å². The zero-order chi connectivity index (χ0) is 16.1. The number of anilines is 1. The van der Waals surface area contributed by atoms with Crippen molar-refractivity contribution < 1.29 is 14.7 Å². The molecule has 0 saturated heterocycles. The van der Waals surface area contributed by atoms with Crippen LogP contribution in [0.2, 0.25) is 5.02 Å². The van der Waals surface area contributed by atoms with Crippen LogP contribution in [0.25, 0.3) is 0 Å². The predicted molar refractivity (Wildman–Crippen MR) is 89.5 cm³/mol. The van der Waals surface area contributed by atoms with Gasteiger partial charge in [-0.05, 0) is 36.2 Å². The van der Waals surface area contributed by atoms with Crippen LogP contribution in [-0.4, -0.2) is 17.0 Å². The van der Waals surface area contributed by atoms with E-state index in [1.54, 1.807) is 0 Å². The molecule has 1 amide bonds. The Kier molecular flexibility index (Phi) is 5.57. The van der Waals surface area contributed by atoms with E-state index in [0.29, 0.717) is 11.4 Å². The number of halogens is 2. The molecule has 2 rings (SSSR count). The quantitative estimate of drug-likeness (QED) is 0.807. The first-order valence-electron chi connectivity index (χ1n) is 6.53. The molecule has 0 spiro atoms. The lowest BCUT2D eigenvalue weighted by molar-refractivity contribution is -0.116. The van der Waals surface area contributed by atoms with Gasteiger partial charge in [0.1, 0.15) is 0 Å². The number of hydrogen-bond acceptors (Lipinski definition) is 2. The van der Waals surface area contributed by atoms with Gasteiger partial charge in [0.25, 0.3) is 0 Å². The van der Waals surface area contributed by atoms with Crippen molar-refractivity contribution in [1.29, 1.82) is 0 Å². The fourth-order valence-electron chi connectivity index (χ4n) is 1.96. The summed E-state index contributed by atoms with van der Waals surface area (Å²) >= 11 is 9.20. The van der Waals surface area contributed by atoms with Crippen molar-refractivity contribution >= 4 is 45.1 Å². The molecule has 0 unspecified atom stereocenters. The minimum atomic E-state index is -1.14. The fraction of sp³-hybridized carbons (Fsp3) is 0.125. The van der Waals surface area contributed by atoms with Gasteiger partial charge >= 0.3 is 5.97 Å². The van der Waals surface area contributed by atoms with Crippen molar-refractivity contribution in [1.82, 2.24) is 0 Å². The van der Waals surface area contributed by atoms with Crippen LogP contribution in [0.5, 0.6) is 0 Å². The van der Waals surface area contributed by atoms with Gasteiger partial charge in [0, 0.05) is 15.9 Å². The summed E-state index contributed by atoms with van der Waals surface area (Å²) in [5, 5.41) is 12.1. The van der Waals surface area contributed by atoms with Crippen LogP contribution in [0, 0.1) is 0 Å². The molecule has 2 aromatic carbocycles. The van der Waals surface area contributed by atoms with Gasteiger partial charge in [0.15, 0.2) is 0 Å². The van der Waals surface area contributed by atoms with Crippen molar-refractivity contribution in [3.63, 3.8) is 0 Å². The second-order valence-corrected chi connectivity index (χ2v) is 5.93. The van der Waals surface area contributed by atoms with E-state index in [9.17, 15) is 9.59 Å². The molecule has 6 heteroatoms. The number of benzene rings is 2. The number of carbonyl (C=O) groups is 2. The standard InChI is InChI=1S/C16H13BrClNO3/c17-13-4-2-1-3-10(13)5-8-15(20)19-14-7-6-11(18)9-12(14)16(21)22/h1-4,6-7,9H,5,8H2,(H,19,20)(H,21,22). The molecule has 0 heterocycles.